The molecule has 0 bridgehead atoms. The third kappa shape index (κ3) is 2.76. The van der Waals surface area contributed by atoms with E-state index >= 15 is 0 Å². The summed E-state index contributed by atoms with van der Waals surface area (Å²) < 4.78 is 0. The van der Waals surface area contributed by atoms with Gasteiger partial charge < -0.3 is 5.32 Å². The van der Waals surface area contributed by atoms with Gasteiger partial charge in [0, 0.05) is 12.0 Å². The van der Waals surface area contributed by atoms with Crippen molar-refractivity contribution in [2.45, 2.75) is 39.7 Å². The van der Waals surface area contributed by atoms with Crippen molar-refractivity contribution in [1.29, 1.82) is 0 Å². The van der Waals surface area contributed by atoms with E-state index in [0.717, 1.165) is 22.4 Å². The number of benzene rings is 1. The maximum absolute atomic E-state index is 4.86. The molecule has 3 nitrogen and oxygen atoms in total. The van der Waals surface area contributed by atoms with Crippen LogP contribution in [0.15, 0.2) is 24.3 Å². The number of para-hydroxylation sites is 2. The summed E-state index contributed by atoms with van der Waals surface area (Å²) in [5.41, 5.74) is 4.12. The summed E-state index contributed by atoms with van der Waals surface area (Å²) in [6.45, 7) is 8.76. The first kappa shape index (κ1) is 13.9. The zero-order chi connectivity index (χ0) is 14.0. The van der Waals surface area contributed by atoms with Gasteiger partial charge in [-0.25, -0.2) is 9.97 Å². The minimum Gasteiger partial charge on any atom is -0.317 e. The SMILES string of the molecule is CNC(C)C(c1nc2ccccc2nc1C)C(C)C. The highest BCUT2D eigenvalue weighted by atomic mass is 14.9. The zero-order valence-electron chi connectivity index (χ0n) is 12.4. The van der Waals surface area contributed by atoms with Gasteiger partial charge >= 0.3 is 0 Å². The van der Waals surface area contributed by atoms with Gasteiger partial charge in [0.15, 0.2) is 0 Å². The summed E-state index contributed by atoms with van der Waals surface area (Å²) in [6, 6.07) is 8.46. The van der Waals surface area contributed by atoms with Crippen LogP contribution in [0, 0.1) is 12.8 Å². The van der Waals surface area contributed by atoms with Crippen LogP contribution in [0.2, 0.25) is 0 Å². The van der Waals surface area contributed by atoms with E-state index < -0.39 is 0 Å². The Morgan fingerprint density at radius 1 is 1.00 bits per heavy atom. The fraction of sp³-hybridized carbons (Fsp3) is 0.500. The maximum Gasteiger partial charge on any atom is 0.0890 e. The van der Waals surface area contributed by atoms with Crippen LogP contribution < -0.4 is 5.32 Å². The van der Waals surface area contributed by atoms with E-state index in [-0.39, 0.29) is 0 Å². The lowest BCUT2D eigenvalue weighted by atomic mass is 9.85. The lowest BCUT2D eigenvalue weighted by molar-refractivity contribution is 0.386. The van der Waals surface area contributed by atoms with Crippen molar-refractivity contribution in [2.24, 2.45) is 5.92 Å². The van der Waals surface area contributed by atoms with Crippen molar-refractivity contribution >= 4 is 11.0 Å². The van der Waals surface area contributed by atoms with Crippen molar-refractivity contribution in [3.8, 4) is 0 Å². The summed E-state index contributed by atoms with van der Waals surface area (Å²) in [7, 11) is 2.00. The average Bonchev–Trinajstić information content (AvgIpc) is 2.39. The van der Waals surface area contributed by atoms with E-state index in [1.807, 2.05) is 31.3 Å². The molecule has 1 aromatic carbocycles. The van der Waals surface area contributed by atoms with E-state index in [0.29, 0.717) is 17.9 Å². The number of aryl methyl sites for hydroxylation is 1. The monoisotopic (exact) mass is 257 g/mol. The molecule has 0 aliphatic carbocycles. The van der Waals surface area contributed by atoms with Crippen LogP contribution in [0.25, 0.3) is 11.0 Å². The Morgan fingerprint density at radius 2 is 1.58 bits per heavy atom. The molecule has 2 aromatic rings. The van der Waals surface area contributed by atoms with Crippen molar-refractivity contribution in [3.05, 3.63) is 35.7 Å². The van der Waals surface area contributed by atoms with Gasteiger partial charge in [-0.15, -0.1) is 0 Å². The van der Waals surface area contributed by atoms with E-state index in [2.05, 4.69) is 33.0 Å². The lowest BCUT2D eigenvalue weighted by Gasteiger charge is -2.27. The second-order valence-electron chi connectivity index (χ2n) is 5.53. The molecule has 0 amide bonds. The van der Waals surface area contributed by atoms with Gasteiger partial charge in [0.05, 0.1) is 22.4 Å². The molecule has 0 saturated heterocycles. The Balaban J connectivity index is 2.56. The highest BCUT2D eigenvalue weighted by molar-refractivity contribution is 5.74. The predicted octanol–water partition coefficient (Wildman–Crippen LogP) is 3.29. The molecule has 1 heterocycles. The lowest BCUT2D eigenvalue weighted by Crippen LogP contribution is -2.33. The molecule has 3 heteroatoms. The molecule has 2 unspecified atom stereocenters. The highest BCUT2D eigenvalue weighted by Gasteiger charge is 2.25. The van der Waals surface area contributed by atoms with Gasteiger partial charge in [0.25, 0.3) is 0 Å². The standard InChI is InChI=1S/C16H23N3/c1-10(2)15(11(3)17-5)16-12(4)18-13-8-6-7-9-14(13)19-16/h6-11,15,17H,1-5H3. The number of hydrogen-bond acceptors (Lipinski definition) is 3. The molecule has 19 heavy (non-hydrogen) atoms. The molecule has 0 saturated carbocycles. The van der Waals surface area contributed by atoms with Crippen LogP contribution in [0.5, 0.6) is 0 Å². The largest absolute Gasteiger partial charge is 0.317 e. The number of nitrogens with zero attached hydrogens (tertiary/aromatic N) is 2. The van der Waals surface area contributed by atoms with Crippen LogP contribution in [0.1, 0.15) is 38.1 Å². The highest BCUT2D eigenvalue weighted by Crippen LogP contribution is 2.29. The predicted molar refractivity (Wildman–Crippen MR) is 80.4 cm³/mol. The minimum absolute atomic E-state index is 0.377. The number of fused-ring (bicyclic) bond motifs is 1. The molecule has 0 spiro atoms. The maximum atomic E-state index is 4.86. The van der Waals surface area contributed by atoms with Gasteiger partial charge in [-0.3, -0.25) is 0 Å². The summed E-state index contributed by atoms with van der Waals surface area (Å²) in [5, 5.41) is 3.35. The Hall–Kier alpha value is -1.48. The topological polar surface area (TPSA) is 37.8 Å². The number of nitrogens with one attached hydrogen (secondary N) is 1. The Morgan fingerprint density at radius 3 is 2.11 bits per heavy atom. The number of hydrogen-bond donors (Lipinski definition) is 1. The first-order valence-corrected chi connectivity index (χ1v) is 6.95. The van der Waals surface area contributed by atoms with E-state index in [4.69, 9.17) is 9.97 Å². The van der Waals surface area contributed by atoms with Crippen molar-refractivity contribution in [3.63, 3.8) is 0 Å². The molecule has 0 aliphatic rings. The molecule has 0 fully saturated rings. The number of rotatable bonds is 4. The van der Waals surface area contributed by atoms with Crippen LogP contribution >= 0.6 is 0 Å². The van der Waals surface area contributed by atoms with Gasteiger partial charge in [-0.1, -0.05) is 26.0 Å². The molecular weight excluding hydrogens is 234 g/mol. The third-order valence-corrected chi connectivity index (χ3v) is 3.81. The van der Waals surface area contributed by atoms with Gasteiger partial charge in [0.2, 0.25) is 0 Å². The van der Waals surface area contributed by atoms with Gasteiger partial charge in [-0.2, -0.15) is 0 Å². The Bertz CT molecular complexity index is 563. The van der Waals surface area contributed by atoms with E-state index in [9.17, 15) is 0 Å². The Kier molecular flexibility index (Phi) is 4.15. The van der Waals surface area contributed by atoms with Crippen molar-refractivity contribution in [2.75, 3.05) is 7.05 Å². The second kappa shape index (κ2) is 5.66. The summed E-state index contributed by atoms with van der Waals surface area (Å²) >= 11 is 0. The second-order valence-corrected chi connectivity index (χ2v) is 5.53. The quantitative estimate of drug-likeness (QED) is 0.913. The van der Waals surface area contributed by atoms with E-state index in [1.165, 1.54) is 0 Å². The minimum atomic E-state index is 0.377. The first-order chi connectivity index (χ1) is 9.04. The Labute approximate surface area is 115 Å². The normalized spacial score (nSPS) is 14.8. The van der Waals surface area contributed by atoms with Gasteiger partial charge in [-0.05, 0) is 38.9 Å². The molecule has 0 aliphatic heterocycles. The first-order valence-electron chi connectivity index (χ1n) is 6.95. The molecule has 2 rings (SSSR count). The molecule has 1 aromatic heterocycles. The van der Waals surface area contributed by atoms with Crippen LogP contribution in [0.3, 0.4) is 0 Å². The molecule has 102 valence electrons. The van der Waals surface area contributed by atoms with Crippen molar-refractivity contribution < 1.29 is 0 Å². The number of aromatic nitrogens is 2. The summed E-state index contributed by atoms with van der Waals surface area (Å²) in [5.74, 6) is 0.902. The fourth-order valence-electron chi connectivity index (χ4n) is 2.73. The molecule has 2 atom stereocenters. The van der Waals surface area contributed by atoms with Crippen molar-refractivity contribution in [1.82, 2.24) is 15.3 Å². The summed E-state index contributed by atoms with van der Waals surface area (Å²) in [6.07, 6.45) is 0. The van der Waals surface area contributed by atoms with Crippen LogP contribution in [0.4, 0.5) is 0 Å². The van der Waals surface area contributed by atoms with Crippen LogP contribution in [-0.4, -0.2) is 23.1 Å². The van der Waals surface area contributed by atoms with Gasteiger partial charge in [0.1, 0.15) is 0 Å². The molecule has 1 N–H and O–H groups in total. The molecular formula is C16H23N3. The van der Waals surface area contributed by atoms with Crippen LogP contribution in [-0.2, 0) is 0 Å². The number of likely N-dealkylation sites (N-methyl/N-ethyl adjacent to an activating group) is 1. The average molecular weight is 257 g/mol. The van der Waals surface area contributed by atoms with E-state index in [1.54, 1.807) is 0 Å². The molecule has 0 radical (unpaired) electrons. The zero-order valence-corrected chi connectivity index (χ0v) is 12.4. The fourth-order valence-corrected chi connectivity index (χ4v) is 2.73. The smallest absolute Gasteiger partial charge is 0.0890 e. The summed E-state index contributed by atoms with van der Waals surface area (Å²) in [4.78, 5) is 9.57. The third-order valence-electron chi connectivity index (χ3n) is 3.81.